The lowest BCUT2D eigenvalue weighted by Gasteiger charge is -2.05. The van der Waals surface area contributed by atoms with Crippen LogP contribution in [0.3, 0.4) is 0 Å². The highest BCUT2D eigenvalue weighted by atomic mass is 35.5. The van der Waals surface area contributed by atoms with Crippen molar-refractivity contribution in [1.29, 1.82) is 0 Å². The van der Waals surface area contributed by atoms with Gasteiger partial charge in [0.05, 0.1) is 6.61 Å². The van der Waals surface area contributed by atoms with Gasteiger partial charge in [0.25, 0.3) is 0 Å². The molecule has 0 spiro atoms. The zero-order valence-corrected chi connectivity index (χ0v) is 9.19. The number of pyridine rings is 1. The summed E-state index contributed by atoms with van der Waals surface area (Å²) in [4.78, 5) is 4.04. The molecule has 0 aliphatic rings. The van der Waals surface area contributed by atoms with Crippen LogP contribution in [0.1, 0.15) is 5.56 Å². The second kappa shape index (κ2) is 4.96. The molecule has 0 saturated heterocycles. The molecule has 4 heteroatoms. The molecule has 0 aliphatic carbocycles. The van der Waals surface area contributed by atoms with Crippen LogP contribution in [0.2, 0.25) is 5.02 Å². The minimum absolute atomic E-state index is 0.0283. The van der Waals surface area contributed by atoms with Gasteiger partial charge in [-0.15, -0.1) is 0 Å². The molecule has 0 atom stereocenters. The fourth-order valence-corrected chi connectivity index (χ4v) is 1.35. The minimum atomic E-state index is -0.0283. The average Bonchev–Trinajstić information content (AvgIpc) is 2.32. The fraction of sp³-hybridized carbons (Fsp3) is 0.0833. The van der Waals surface area contributed by atoms with E-state index in [-0.39, 0.29) is 6.61 Å². The number of rotatable bonds is 3. The highest BCUT2D eigenvalue weighted by Gasteiger charge is 1.99. The molecule has 3 nitrogen and oxygen atoms in total. The first-order chi connectivity index (χ1) is 7.78. The Balaban J connectivity index is 2.16. The van der Waals surface area contributed by atoms with Crippen molar-refractivity contribution >= 4 is 11.6 Å². The van der Waals surface area contributed by atoms with Crippen molar-refractivity contribution in [2.24, 2.45) is 0 Å². The fourth-order valence-electron chi connectivity index (χ4n) is 1.23. The second-order valence-electron chi connectivity index (χ2n) is 3.22. The molecule has 2 aromatic rings. The summed E-state index contributed by atoms with van der Waals surface area (Å²) < 4.78 is 5.49. The van der Waals surface area contributed by atoms with Gasteiger partial charge in [0.2, 0.25) is 5.88 Å². The van der Waals surface area contributed by atoms with Gasteiger partial charge >= 0.3 is 0 Å². The van der Waals surface area contributed by atoms with E-state index in [9.17, 15) is 0 Å². The Morgan fingerprint density at radius 3 is 2.62 bits per heavy atom. The van der Waals surface area contributed by atoms with E-state index in [4.69, 9.17) is 21.4 Å². The summed E-state index contributed by atoms with van der Waals surface area (Å²) >= 11 is 5.76. The first-order valence-corrected chi connectivity index (χ1v) is 5.15. The van der Waals surface area contributed by atoms with Gasteiger partial charge in [0.1, 0.15) is 5.75 Å². The van der Waals surface area contributed by atoms with E-state index in [1.54, 1.807) is 42.6 Å². The number of aliphatic hydroxyl groups excluding tert-OH is 1. The lowest BCUT2D eigenvalue weighted by Crippen LogP contribution is -1.90. The van der Waals surface area contributed by atoms with E-state index >= 15 is 0 Å². The van der Waals surface area contributed by atoms with Gasteiger partial charge in [-0.3, -0.25) is 0 Å². The number of nitrogens with zero attached hydrogens (tertiary/aromatic N) is 1. The quantitative estimate of drug-likeness (QED) is 0.889. The Bertz CT molecular complexity index is 471. The van der Waals surface area contributed by atoms with E-state index in [2.05, 4.69) is 4.98 Å². The third-order valence-corrected chi connectivity index (χ3v) is 2.27. The molecule has 0 unspecified atom stereocenters. The number of aromatic nitrogens is 1. The molecule has 16 heavy (non-hydrogen) atoms. The molecular formula is C12H10ClNO2. The van der Waals surface area contributed by atoms with Crippen molar-refractivity contribution in [2.75, 3.05) is 0 Å². The third kappa shape index (κ3) is 2.72. The van der Waals surface area contributed by atoms with Crippen molar-refractivity contribution in [1.82, 2.24) is 4.98 Å². The molecule has 1 heterocycles. The molecule has 0 aliphatic heterocycles. The summed E-state index contributed by atoms with van der Waals surface area (Å²) in [6.07, 6.45) is 1.59. The van der Waals surface area contributed by atoms with E-state index in [1.165, 1.54) is 0 Å². The van der Waals surface area contributed by atoms with Gasteiger partial charge in [-0.2, -0.15) is 0 Å². The van der Waals surface area contributed by atoms with Crippen molar-refractivity contribution in [3.05, 3.63) is 53.2 Å². The van der Waals surface area contributed by atoms with Gasteiger partial charge in [0, 0.05) is 17.3 Å². The molecule has 1 aromatic heterocycles. The van der Waals surface area contributed by atoms with Crippen LogP contribution in [0.25, 0.3) is 0 Å². The molecule has 0 amide bonds. The molecule has 82 valence electrons. The van der Waals surface area contributed by atoms with Crippen molar-refractivity contribution < 1.29 is 9.84 Å². The topological polar surface area (TPSA) is 42.4 Å². The van der Waals surface area contributed by atoms with Crippen molar-refractivity contribution in [2.45, 2.75) is 6.61 Å². The number of hydrogen-bond donors (Lipinski definition) is 1. The highest BCUT2D eigenvalue weighted by Crippen LogP contribution is 2.21. The Labute approximate surface area is 98.3 Å². The van der Waals surface area contributed by atoms with Crippen LogP contribution in [-0.2, 0) is 6.61 Å². The monoisotopic (exact) mass is 235 g/mol. The number of halogens is 1. The highest BCUT2D eigenvalue weighted by molar-refractivity contribution is 6.30. The Hall–Kier alpha value is -1.58. The maximum atomic E-state index is 8.96. The van der Waals surface area contributed by atoms with Gasteiger partial charge in [-0.25, -0.2) is 4.98 Å². The summed E-state index contributed by atoms with van der Waals surface area (Å²) in [5.41, 5.74) is 0.763. The summed E-state index contributed by atoms with van der Waals surface area (Å²) in [5, 5.41) is 9.62. The molecule has 1 N–H and O–H groups in total. The second-order valence-corrected chi connectivity index (χ2v) is 3.65. The van der Waals surface area contributed by atoms with E-state index < -0.39 is 0 Å². The summed E-state index contributed by atoms with van der Waals surface area (Å²) in [5.74, 6) is 1.11. The standard InChI is InChI=1S/C12H10ClNO2/c13-10-1-3-11(4-2-10)16-12-7-9(8-15)5-6-14-12/h1-7,15H,8H2. The molecule has 1 aromatic carbocycles. The van der Waals surface area contributed by atoms with Crippen LogP contribution in [0.5, 0.6) is 11.6 Å². The van der Waals surface area contributed by atoms with Crippen LogP contribution < -0.4 is 4.74 Å². The smallest absolute Gasteiger partial charge is 0.219 e. The molecule has 0 bridgehead atoms. The summed E-state index contributed by atoms with van der Waals surface area (Å²) in [6.45, 7) is -0.0283. The lowest BCUT2D eigenvalue weighted by molar-refractivity contribution is 0.281. The number of aliphatic hydroxyl groups is 1. The van der Waals surface area contributed by atoms with Gasteiger partial charge in [-0.05, 0) is 35.9 Å². The van der Waals surface area contributed by atoms with Crippen LogP contribution in [0, 0.1) is 0 Å². The van der Waals surface area contributed by atoms with Gasteiger partial charge < -0.3 is 9.84 Å². The maximum absolute atomic E-state index is 8.96. The molecule has 0 radical (unpaired) electrons. The third-order valence-electron chi connectivity index (χ3n) is 2.02. The SMILES string of the molecule is OCc1ccnc(Oc2ccc(Cl)cc2)c1. The Morgan fingerprint density at radius 2 is 1.94 bits per heavy atom. The molecule has 2 rings (SSSR count). The molecule has 0 saturated carbocycles. The number of benzene rings is 1. The molecular weight excluding hydrogens is 226 g/mol. The zero-order chi connectivity index (χ0) is 11.4. The van der Waals surface area contributed by atoms with Crippen LogP contribution in [-0.4, -0.2) is 10.1 Å². The maximum Gasteiger partial charge on any atom is 0.219 e. The summed E-state index contributed by atoms with van der Waals surface area (Å²) in [6, 6.07) is 10.4. The van der Waals surface area contributed by atoms with Crippen LogP contribution >= 0.6 is 11.6 Å². The van der Waals surface area contributed by atoms with Gasteiger partial charge in [-0.1, -0.05) is 11.6 Å². The predicted molar refractivity (Wildman–Crippen MR) is 61.7 cm³/mol. The Kier molecular flexibility index (Phi) is 3.39. The van der Waals surface area contributed by atoms with E-state index in [0.29, 0.717) is 16.7 Å². The van der Waals surface area contributed by atoms with Gasteiger partial charge in [0.15, 0.2) is 0 Å². The van der Waals surface area contributed by atoms with E-state index in [0.717, 1.165) is 5.56 Å². The Morgan fingerprint density at radius 1 is 1.19 bits per heavy atom. The van der Waals surface area contributed by atoms with Crippen LogP contribution in [0.15, 0.2) is 42.6 Å². The van der Waals surface area contributed by atoms with E-state index in [1.807, 2.05) is 0 Å². The summed E-state index contributed by atoms with van der Waals surface area (Å²) in [7, 11) is 0. The molecule has 0 fully saturated rings. The first-order valence-electron chi connectivity index (χ1n) is 4.77. The minimum Gasteiger partial charge on any atom is -0.439 e. The van der Waals surface area contributed by atoms with Crippen molar-refractivity contribution in [3.8, 4) is 11.6 Å². The first kappa shape index (κ1) is 10.9. The van der Waals surface area contributed by atoms with Crippen molar-refractivity contribution in [3.63, 3.8) is 0 Å². The normalized spacial score (nSPS) is 10.1. The number of hydrogen-bond acceptors (Lipinski definition) is 3. The largest absolute Gasteiger partial charge is 0.439 e. The zero-order valence-electron chi connectivity index (χ0n) is 8.43. The predicted octanol–water partition coefficient (Wildman–Crippen LogP) is 3.02. The lowest BCUT2D eigenvalue weighted by atomic mass is 10.3. The number of ether oxygens (including phenoxy) is 1. The average molecular weight is 236 g/mol. The van der Waals surface area contributed by atoms with Crippen LogP contribution in [0.4, 0.5) is 0 Å².